The Kier molecular flexibility index (Phi) is 6.40. The van der Waals surface area contributed by atoms with E-state index >= 15 is 0 Å². The van der Waals surface area contributed by atoms with Crippen LogP contribution in [0, 0.1) is 12.7 Å². The van der Waals surface area contributed by atoms with Gasteiger partial charge in [0.15, 0.2) is 0 Å². The van der Waals surface area contributed by atoms with Crippen molar-refractivity contribution in [2.45, 2.75) is 39.2 Å². The number of carbonyl (C=O) groups excluding carboxylic acids is 1. The Morgan fingerprint density at radius 3 is 2.66 bits per heavy atom. The third kappa shape index (κ3) is 4.44. The van der Waals surface area contributed by atoms with E-state index < -0.39 is 0 Å². The number of rotatable bonds is 6. The van der Waals surface area contributed by atoms with Crippen LogP contribution in [0.1, 0.15) is 49.0 Å². The number of methoxy groups -OCH3 is 1. The predicted octanol–water partition coefficient (Wildman–Crippen LogP) is 5.49. The minimum atomic E-state index is -0.266. The number of amides is 1. The lowest BCUT2D eigenvalue weighted by Gasteiger charge is -2.35. The normalized spacial score (nSPS) is 16.4. The van der Waals surface area contributed by atoms with E-state index in [0.717, 1.165) is 53.1 Å². The number of benzene rings is 2. The maximum atomic E-state index is 13.4. The largest absolute Gasteiger partial charge is 0.495 e. The molecule has 0 spiro atoms. The van der Waals surface area contributed by atoms with E-state index in [2.05, 4.69) is 11.9 Å². The lowest BCUT2D eigenvalue weighted by molar-refractivity contribution is -0.131. The molecule has 0 aliphatic carbocycles. The minimum Gasteiger partial charge on any atom is -0.495 e. The quantitative estimate of drug-likeness (QED) is 0.483. The van der Waals surface area contributed by atoms with Gasteiger partial charge in [-0.3, -0.25) is 4.79 Å². The predicted molar refractivity (Wildman–Crippen MR) is 123 cm³/mol. The van der Waals surface area contributed by atoms with Crippen molar-refractivity contribution in [3.8, 4) is 11.4 Å². The average Bonchev–Trinajstić information content (AvgIpc) is 3.23. The Morgan fingerprint density at radius 1 is 1.22 bits per heavy atom. The molecule has 0 bridgehead atoms. The Balaban J connectivity index is 1.61. The zero-order chi connectivity index (χ0) is 22.7. The number of carbonyl (C=O) groups is 1. The smallest absolute Gasteiger partial charge is 0.250 e. The molecule has 1 fully saturated rings. The Hall–Kier alpha value is -3.41. The zero-order valence-corrected chi connectivity index (χ0v) is 18.7. The van der Waals surface area contributed by atoms with Gasteiger partial charge in [-0.05, 0) is 67.7 Å². The maximum Gasteiger partial charge on any atom is 0.250 e. The highest BCUT2D eigenvalue weighted by atomic mass is 19.1. The van der Waals surface area contributed by atoms with Gasteiger partial charge in [-0.25, -0.2) is 9.37 Å². The molecule has 2 aromatic carbocycles. The highest BCUT2D eigenvalue weighted by molar-refractivity contribution is 5.98. The summed E-state index contributed by atoms with van der Waals surface area (Å²) in [6, 6.07) is 12.3. The first-order chi connectivity index (χ1) is 15.5. The fourth-order valence-corrected chi connectivity index (χ4v) is 4.34. The third-order valence-electron chi connectivity index (χ3n) is 5.93. The summed E-state index contributed by atoms with van der Waals surface area (Å²) in [5, 5.41) is 0. The first-order valence-corrected chi connectivity index (χ1v) is 11.0. The maximum absolute atomic E-state index is 13.4. The second kappa shape index (κ2) is 9.39. The van der Waals surface area contributed by atoms with Crippen molar-refractivity contribution in [2.75, 3.05) is 13.7 Å². The summed E-state index contributed by atoms with van der Waals surface area (Å²) in [7, 11) is 1.64. The van der Waals surface area contributed by atoms with E-state index in [9.17, 15) is 9.18 Å². The molecular weight excluding hydrogens is 405 g/mol. The number of nitrogens with zero attached hydrogens (tertiary/aromatic N) is 3. The van der Waals surface area contributed by atoms with Crippen molar-refractivity contribution >= 4 is 12.0 Å². The summed E-state index contributed by atoms with van der Waals surface area (Å²) in [6.45, 7) is 4.70. The number of aryl methyl sites for hydroxylation is 1. The molecule has 5 nitrogen and oxygen atoms in total. The zero-order valence-electron chi connectivity index (χ0n) is 18.7. The molecule has 6 heteroatoms. The fourth-order valence-electron chi connectivity index (χ4n) is 4.34. The van der Waals surface area contributed by atoms with Crippen LogP contribution in [0.15, 0.2) is 60.6 Å². The Morgan fingerprint density at radius 2 is 2.00 bits per heavy atom. The molecule has 2 heterocycles. The SMILES string of the molecule is CC[C@H](c1ccc(F)cc1)N1CCCC(=Cc2ccc(-n3cnc(C)c3)c(OC)c2)C1=O. The van der Waals surface area contributed by atoms with Crippen molar-refractivity contribution < 1.29 is 13.9 Å². The molecular formula is C26H28FN3O2. The van der Waals surface area contributed by atoms with E-state index in [1.165, 1.54) is 12.1 Å². The first kappa shape index (κ1) is 21.8. The number of likely N-dealkylation sites (tertiary alicyclic amines) is 1. The molecule has 1 atom stereocenters. The van der Waals surface area contributed by atoms with Crippen molar-refractivity contribution in [3.05, 3.63) is 83.2 Å². The van der Waals surface area contributed by atoms with Crippen LogP contribution in [0.2, 0.25) is 0 Å². The van der Waals surface area contributed by atoms with Crippen molar-refractivity contribution in [2.24, 2.45) is 0 Å². The van der Waals surface area contributed by atoms with Gasteiger partial charge < -0.3 is 14.2 Å². The molecule has 1 aliphatic rings. The molecule has 0 radical (unpaired) electrons. The second-order valence-corrected chi connectivity index (χ2v) is 8.10. The molecule has 32 heavy (non-hydrogen) atoms. The second-order valence-electron chi connectivity index (χ2n) is 8.10. The van der Waals surface area contributed by atoms with Gasteiger partial charge in [0.1, 0.15) is 11.6 Å². The van der Waals surface area contributed by atoms with Gasteiger partial charge in [0.05, 0.1) is 30.9 Å². The van der Waals surface area contributed by atoms with E-state index in [1.54, 1.807) is 25.6 Å². The number of hydrogen-bond acceptors (Lipinski definition) is 3. The number of piperidine rings is 1. The molecule has 3 aromatic rings. The summed E-state index contributed by atoms with van der Waals surface area (Å²) < 4.78 is 20.9. The van der Waals surface area contributed by atoms with E-state index in [-0.39, 0.29) is 17.8 Å². The van der Waals surface area contributed by atoms with Gasteiger partial charge in [-0.1, -0.05) is 25.1 Å². The summed E-state index contributed by atoms with van der Waals surface area (Å²) >= 11 is 0. The van der Waals surface area contributed by atoms with Crippen LogP contribution < -0.4 is 4.74 Å². The standard InChI is InChI=1S/C26H28FN3O2/c1-4-23(20-8-10-22(27)11-9-20)30-13-5-6-21(26(30)31)14-19-7-12-24(25(15-19)32-3)29-16-18(2)28-17-29/h7-12,14-17,23H,4-6,13H2,1-3H3/t23-/m1/s1. The van der Waals surface area contributed by atoms with Gasteiger partial charge in [-0.15, -0.1) is 0 Å². The number of hydrogen-bond donors (Lipinski definition) is 0. The van der Waals surface area contributed by atoms with Crippen molar-refractivity contribution in [1.82, 2.24) is 14.5 Å². The monoisotopic (exact) mass is 433 g/mol. The highest BCUT2D eigenvalue weighted by Gasteiger charge is 2.29. The topological polar surface area (TPSA) is 47.4 Å². The molecule has 1 aliphatic heterocycles. The molecule has 166 valence electrons. The van der Waals surface area contributed by atoms with Crippen LogP contribution in [0.4, 0.5) is 4.39 Å². The van der Waals surface area contributed by atoms with Crippen molar-refractivity contribution in [1.29, 1.82) is 0 Å². The van der Waals surface area contributed by atoms with Gasteiger partial charge >= 0.3 is 0 Å². The number of imidazole rings is 1. The van der Waals surface area contributed by atoms with Crippen LogP contribution in [0.3, 0.4) is 0 Å². The summed E-state index contributed by atoms with van der Waals surface area (Å²) in [4.78, 5) is 19.6. The first-order valence-electron chi connectivity index (χ1n) is 11.0. The van der Waals surface area contributed by atoms with Crippen LogP contribution in [-0.4, -0.2) is 34.0 Å². The molecule has 0 N–H and O–H groups in total. The Labute approximate surface area is 188 Å². The van der Waals surface area contributed by atoms with Crippen LogP contribution >= 0.6 is 0 Å². The molecule has 4 rings (SSSR count). The van der Waals surface area contributed by atoms with Crippen molar-refractivity contribution in [3.63, 3.8) is 0 Å². The third-order valence-corrected chi connectivity index (χ3v) is 5.93. The summed E-state index contributed by atoms with van der Waals surface area (Å²) in [5.74, 6) is 0.493. The molecule has 0 saturated carbocycles. The summed E-state index contributed by atoms with van der Waals surface area (Å²) in [5.41, 5.74) is 4.49. The van der Waals surface area contributed by atoms with E-state index in [0.29, 0.717) is 6.54 Å². The van der Waals surface area contributed by atoms with Gasteiger partial charge in [0, 0.05) is 18.3 Å². The van der Waals surface area contributed by atoms with Crippen LogP contribution in [0.5, 0.6) is 5.75 Å². The van der Waals surface area contributed by atoms with Gasteiger partial charge in [-0.2, -0.15) is 0 Å². The van der Waals surface area contributed by atoms with E-state index in [4.69, 9.17) is 4.74 Å². The molecule has 1 aromatic heterocycles. The van der Waals surface area contributed by atoms with E-state index in [1.807, 2.05) is 46.9 Å². The number of aromatic nitrogens is 2. The molecule has 0 unspecified atom stereocenters. The number of ether oxygens (including phenoxy) is 1. The molecule has 1 amide bonds. The Bertz CT molecular complexity index is 1130. The number of halogens is 1. The lowest BCUT2D eigenvalue weighted by Crippen LogP contribution is -2.39. The fraction of sp³-hybridized carbons (Fsp3) is 0.308. The average molecular weight is 434 g/mol. The minimum absolute atomic E-state index is 0.0423. The summed E-state index contributed by atoms with van der Waals surface area (Å²) in [6.07, 6.45) is 8.07. The highest BCUT2D eigenvalue weighted by Crippen LogP contribution is 2.32. The van der Waals surface area contributed by atoms with Crippen LogP contribution in [-0.2, 0) is 4.79 Å². The van der Waals surface area contributed by atoms with Gasteiger partial charge in [0.2, 0.25) is 5.91 Å². The van der Waals surface area contributed by atoms with Crippen LogP contribution in [0.25, 0.3) is 11.8 Å². The molecule has 1 saturated heterocycles. The lowest BCUT2D eigenvalue weighted by atomic mass is 9.95. The van der Waals surface area contributed by atoms with Gasteiger partial charge in [0.25, 0.3) is 0 Å².